The number of aryl methyl sites for hydroxylation is 1. The normalized spacial score (nSPS) is 10.6. The van der Waals surface area contributed by atoms with Crippen molar-refractivity contribution in [3.63, 3.8) is 0 Å². The number of carbonyl (C=O) groups is 1. The van der Waals surface area contributed by atoms with Crippen molar-refractivity contribution in [3.8, 4) is 17.0 Å². The highest BCUT2D eigenvalue weighted by molar-refractivity contribution is 6.08. The predicted molar refractivity (Wildman–Crippen MR) is 87.5 cm³/mol. The number of methoxy groups -OCH3 is 1. The van der Waals surface area contributed by atoms with Gasteiger partial charge in [-0.05, 0) is 31.2 Å². The third-order valence-corrected chi connectivity index (χ3v) is 3.60. The Morgan fingerprint density at radius 2 is 2.00 bits per heavy atom. The van der Waals surface area contributed by atoms with Gasteiger partial charge in [-0.3, -0.25) is 4.79 Å². The van der Waals surface area contributed by atoms with E-state index >= 15 is 0 Å². The van der Waals surface area contributed by atoms with Crippen LogP contribution in [0.25, 0.3) is 11.3 Å². The van der Waals surface area contributed by atoms with Crippen molar-refractivity contribution in [2.45, 2.75) is 6.92 Å². The van der Waals surface area contributed by atoms with Crippen LogP contribution in [0.1, 0.15) is 16.1 Å². The van der Waals surface area contributed by atoms with Crippen LogP contribution >= 0.6 is 0 Å². The summed E-state index contributed by atoms with van der Waals surface area (Å²) in [7, 11) is 1.51. The Hall–Kier alpha value is -3.22. The summed E-state index contributed by atoms with van der Waals surface area (Å²) in [6.45, 7) is 1.54. The minimum atomic E-state index is -0.830. The largest absolute Gasteiger partial charge is 0.497 e. The van der Waals surface area contributed by atoms with Crippen LogP contribution in [0.2, 0.25) is 0 Å². The molecule has 1 N–H and O–H groups in total. The maximum atomic E-state index is 14.0. The summed E-state index contributed by atoms with van der Waals surface area (Å²) in [5, 5.41) is 6.44. The van der Waals surface area contributed by atoms with Gasteiger partial charge in [0.25, 0.3) is 5.91 Å². The van der Waals surface area contributed by atoms with Gasteiger partial charge >= 0.3 is 0 Å². The summed E-state index contributed by atoms with van der Waals surface area (Å²) in [5.74, 6) is -1.28. The van der Waals surface area contributed by atoms with Gasteiger partial charge in [0.05, 0.1) is 7.11 Å². The van der Waals surface area contributed by atoms with Gasteiger partial charge < -0.3 is 14.6 Å². The fraction of sp³-hybridized carbons (Fsp3) is 0.111. The van der Waals surface area contributed by atoms with Crippen molar-refractivity contribution in [1.82, 2.24) is 5.16 Å². The number of amides is 1. The van der Waals surface area contributed by atoms with Crippen molar-refractivity contribution in [1.29, 1.82) is 0 Å². The summed E-state index contributed by atoms with van der Waals surface area (Å²) in [5.41, 5.74) is 0.563. The lowest BCUT2D eigenvalue weighted by Crippen LogP contribution is -2.13. The molecule has 1 aromatic heterocycles. The molecule has 0 saturated carbocycles. The van der Waals surface area contributed by atoms with Crippen LogP contribution < -0.4 is 10.1 Å². The second-order valence-electron chi connectivity index (χ2n) is 5.27. The van der Waals surface area contributed by atoms with Gasteiger partial charge in [0.2, 0.25) is 0 Å². The van der Waals surface area contributed by atoms with E-state index in [1.807, 2.05) is 0 Å². The molecule has 1 amide bonds. The van der Waals surface area contributed by atoms with Crippen molar-refractivity contribution < 1.29 is 22.8 Å². The molecule has 128 valence electrons. The number of nitrogens with one attached hydrogen (secondary N) is 1. The third kappa shape index (κ3) is 3.35. The molecule has 0 atom stereocenters. The zero-order valence-electron chi connectivity index (χ0n) is 13.5. The van der Waals surface area contributed by atoms with Gasteiger partial charge in [-0.2, -0.15) is 0 Å². The van der Waals surface area contributed by atoms with E-state index in [-0.39, 0.29) is 22.6 Å². The first kappa shape index (κ1) is 16.6. The molecule has 0 aliphatic heterocycles. The van der Waals surface area contributed by atoms with E-state index in [1.54, 1.807) is 31.2 Å². The fourth-order valence-corrected chi connectivity index (χ4v) is 2.40. The van der Waals surface area contributed by atoms with Crippen molar-refractivity contribution >= 4 is 11.6 Å². The Labute approximate surface area is 142 Å². The van der Waals surface area contributed by atoms with E-state index < -0.39 is 17.5 Å². The first-order chi connectivity index (χ1) is 12.0. The number of anilines is 1. The van der Waals surface area contributed by atoms with Gasteiger partial charge in [-0.15, -0.1) is 0 Å². The molecule has 0 saturated heterocycles. The van der Waals surface area contributed by atoms with E-state index in [0.29, 0.717) is 11.4 Å². The Balaban J connectivity index is 1.97. The highest BCUT2D eigenvalue weighted by atomic mass is 19.1. The lowest BCUT2D eigenvalue weighted by molar-refractivity contribution is 0.102. The average molecular weight is 344 g/mol. The molecule has 3 aromatic rings. The van der Waals surface area contributed by atoms with E-state index in [0.717, 1.165) is 12.1 Å². The average Bonchev–Trinajstić information content (AvgIpc) is 2.96. The molecule has 3 rings (SSSR count). The molecule has 0 spiro atoms. The molecule has 0 aliphatic carbocycles. The molecule has 0 fully saturated rings. The molecule has 0 aliphatic rings. The van der Waals surface area contributed by atoms with Crippen LogP contribution in [0.4, 0.5) is 14.5 Å². The van der Waals surface area contributed by atoms with Gasteiger partial charge in [-0.1, -0.05) is 11.2 Å². The first-order valence-corrected chi connectivity index (χ1v) is 7.36. The van der Waals surface area contributed by atoms with Crippen LogP contribution in [0.5, 0.6) is 5.75 Å². The number of rotatable bonds is 4. The van der Waals surface area contributed by atoms with Crippen LogP contribution in [-0.4, -0.2) is 18.2 Å². The van der Waals surface area contributed by atoms with Gasteiger partial charge in [0, 0.05) is 23.4 Å². The second kappa shape index (κ2) is 6.72. The molecule has 1 heterocycles. The summed E-state index contributed by atoms with van der Waals surface area (Å²) in [6.07, 6.45) is 0. The Bertz CT molecular complexity index is 938. The van der Waals surface area contributed by atoms with Crippen LogP contribution in [0, 0.1) is 18.6 Å². The molecule has 5 nitrogen and oxygen atoms in total. The van der Waals surface area contributed by atoms with E-state index in [4.69, 9.17) is 9.26 Å². The predicted octanol–water partition coefficient (Wildman–Crippen LogP) is 4.19. The minimum Gasteiger partial charge on any atom is -0.497 e. The van der Waals surface area contributed by atoms with Crippen molar-refractivity contribution in [2.75, 3.05) is 12.4 Å². The molecule has 7 heteroatoms. The standard InChI is InChI=1S/C18H14F2N2O3/c1-10-16(18(23)21-12-4-3-5-13(9-12)24-2)17(22-25-10)14-7-6-11(19)8-15(14)20/h3-9H,1-2H3,(H,21,23). The van der Waals surface area contributed by atoms with E-state index in [9.17, 15) is 13.6 Å². The van der Waals surface area contributed by atoms with Crippen LogP contribution in [0.3, 0.4) is 0 Å². The smallest absolute Gasteiger partial charge is 0.261 e. The Morgan fingerprint density at radius 1 is 1.20 bits per heavy atom. The zero-order chi connectivity index (χ0) is 18.0. The molecule has 0 unspecified atom stereocenters. The van der Waals surface area contributed by atoms with Crippen LogP contribution in [0.15, 0.2) is 47.0 Å². The quantitative estimate of drug-likeness (QED) is 0.771. The maximum absolute atomic E-state index is 14.0. The summed E-state index contributed by atoms with van der Waals surface area (Å²) in [6, 6.07) is 9.80. The topological polar surface area (TPSA) is 64.4 Å². The number of halogens is 2. The molecular formula is C18H14F2N2O3. The number of aromatic nitrogens is 1. The SMILES string of the molecule is COc1cccc(NC(=O)c2c(-c3ccc(F)cc3F)noc2C)c1. The lowest BCUT2D eigenvalue weighted by atomic mass is 10.0. The number of hydrogen-bond donors (Lipinski definition) is 1. The van der Waals surface area contributed by atoms with Crippen molar-refractivity contribution in [3.05, 3.63) is 65.4 Å². The lowest BCUT2D eigenvalue weighted by Gasteiger charge is -2.08. The number of benzene rings is 2. The van der Waals surface area contributed by atoms with E-state index in [2.05, 4.69) is 10.5 Å². The Morgan fingerprint density at radius 3 is 2.72 bits per heavy atom. The van der Waals surface area contributed by atoms with Crippen molar-refractivity contribution in [2.24, 2.45) is 0 Å². The molecular weight excluding hydrogens is 330 g/mol. The molecule has 0 radical (unpaired) electrons. The van der Waals surface area contributed by atoms with Gasteiger partial charge in [0.15, 0.2) is 0 Å². The van der Waals surface area contributed by atoms with Gasteiger partial charge in [-0.25, -0.2) is 8.78 Å². The first-order valence-electron chi connectivity index (χ1n) is 7.36. The third-order valence-electron chi connectivity index (χ3n) is 3.60. The minimum absolute atomic E-state index is 0.00963. The van der Waals surface area contributed by atoms with Crippen LogP contribution in [-0.2, 0) is 0 Å². The molecule has 0 bridgehead atoms. The molecule has 2 aromatic carbocycles. The molecule has 25 heavy (non-hydrogen) atoms. The number of hydrogen-bond acceptors (Lipinski definition) is 4. The van der Waals surface area contributed by atoms with Gasteiger partial charge in [0.1, 0.15) is 34.4 Å². The number of carbonyl (C=O) groups excluding carboxylic acids is 1. The highest BCUT2D eigenvalue weighted by Gasteiger charge is 2.24. The summed E-state index contributed by atoms with van der Waals surface area (Å²) < 4.78 is 37.3. The Kier molecular flexibility index (Phi) is 4.47. The summed E-state index contributed by atoms with van der Waals surface area (Å²) in [4.78, 5) is 12.6. The van der Waals surface area contributed by atoms with E-state index in [1.165, 1.54) is 13.2 Å². The zero-order valence-corrected chi connectivity index (χ0v) is 13.5. The maximum Gasteiger partial charge on any atom is 0.261 e. The highest BCUT2D eigenvalue weighted by Crippen LogP contribution is 2.29. The number of ether oxygens (including phenoxy) is 1. The summed E-state index contributed by atoms with van der Waals surface area (Å²) >= 11 is 0. The number of nitrogens with zero attached hydrogens (tertiary/aromatic N) is 1. The monoisotopic (exact) mass is 344 g/mol. The second-order valence-corrected chi connectivity index (χ2v) is 5.27. The fourth-order valence-electron chi connectivity index (χ4n) is 2.40.